The van der Waals surface area contributed by atoms with E-state index in [0.29, 0.717) is 13.2 Å². The summed E-state index contributed by atoms with van der Waals surface area (Å²) in [4.78, 5) is 24.0. The molecule has 1 aliphatic heterocycles. The summed E-state index contributed by atoms with van der Waals surface area (Å²) in [5.41, 5.74) is 5.10. The first-order chi connectivity index (χ1) is 7.15. The molecule has 6 heteroatoms. The Bertz CT molecular complexity index is 239. The summed E-state index contributed by atoms with van der Waals surface area (Å²) in [6.07, 6.45) is 0.854. The van der Waals surface area contributed by atoms with E-state index in [1.807, 2.05) is 0 Å². The number of amides is 2. The van der Waals surface area contributed by atoms with Crippen molar-refractivity contribution in [3.8, 4) is 0 Å². The maximum absolute atomic E-state index is 11.6. The van der Waals surface area contributed by atoms with Crippen LogP contribution in [0.4, 0.5) is 0 Å². The average Bonchev–Trinajstić information content (AvgIpc) is 2.77. The molecule has 15 heavy (non-hydrogen) atoms. The molecule has 0 saturated carbocycles. The topological polar surface area (TPSA) is 84.7 Å². The molecule has 6 nitrogen and oxygen atoms in total. The number of carbonyl (C=O) groups excluding carboxylic acids is 2. The van der Waals surface area contributed by atoms with Crippen LogP contribution in [0.2, 0.25) is 0 Å². The fraction of sp³-hybridized carbons (Fsp3) is 0.778. The van der Waals surface area contributed by atoms with Gasteiger partial charge < -0.3 is 20.7 Å². The van der Waals surface area contributed by atoms with Gasteiger partial charge in [0, 0.05) is 13.7 Å². The predicted molar refractivity (Wildman–Crippen MR) is 54.1 cm³/mol. The predicted octanol–water partition coefficient (Wildman–Crippen LogP) is -1.69. The third kappa shape index (κ3) is 3.49. The van der Waals surface area contributed by atoms with Crippen molar-refractivity contribution >= 4 is 11.8 Å². The largest absolute Gasteiger partial charge is 0.379 e. The smallest absolute Gasteiger partial charge is 0.242 e. The van der Waals surface area contributed by atoms with Gasteiger partial charge in [-0.1, -0.05) is 0 Å². The Labute approximate surface area is 88.7 Å². The molecule has 3 N–H and O–H groups in total. The number of hydrogen-bond donors (Lipinski definition) is 2. The highest BCUT2D eigenvalue weighted by Crippen LogP contribution is 2.10. The quantitative estimate of drug-likeness (QED) is 0.586. The third-order valence-electron chi connectivity index (χ3n) is 2.47. The average molecular weight is 215 g/mol. The van der Waals surface area contributed by atoms with Crippen LogP contribution in [0.25, 0.3) is 0 Å². The summed E-state index contributed by atoms with van der Waals surface area (Å²) < 4.78 is 5.17. The van der Waals surface area contributed by atoms with E-state index in [2.05, 4.69) is 5.32 Å². The van der Waals surface area contributed by atoms with E-state index in [9.17, 15) is 9.59 Å². The molecule has 1 fully saturated rings. The highest BCUT2D eigenvalue weighted by Gasteiger charge is 2.23. The SMILES string of the molecule is CN(C(=O)CNC(=O)CN)C1CCOC1. The molecule has 0 bridgehead atoms. The number of nitrogens with one attached hydrogen (secondary N) is 1. The van der Waals surface area contributed by atoms with Gasteiger partial charge in [0.2, 0.25) is 11.8 Å². The summed E-state index contributed by atoms with van der Waals surface area (Å²) >= 11 is 0. The van der Waals surface area contributed by atoms with Gasteiger partial charge in [-0.05, 0) is 6.42 Å². The molecule has 1 unspecified atom stereocenters. The van der Waals surface area contributed by atoms with E-state index >= 15 is 0 Å². The second-order valence-electron chi connectivity index (χ2n) is 3.50. The van der Waals surface area contributed by atoms with E-state index in [1.54, 1.807) is 11.9 Å². The summed E-state index contributed by atoms with van der Waals surface area (Å²) in [5, 5.41) is 2.44. The van der Waals surface area contributed by atoms with Crippen LogP contribution in [0.1, 0.15) is 6.42 Å². The molecule has 0 spiro atoms. The molecule has 1 atom stereocenters. The summed E-state index contributed by atoms with van der Waals surface area (Å²) in [5.74, 6) is -0.438. The first-order valence-corrected chi connectivity index (χ1v) is 4.95. The Kier molecular flexibility index (Phi) is 4.51. The summed E-state index contributed by atoms with van der Waals surface area (Å²) in [7, 11) is 1.72. The minimum Gasteiger partial charge on any atom is -0.379 e. The number of likely N-dealkylation sites (N-methyl/N-ethyl adjacent to an activating group) is 1. The van der Waals surface area contributed by atoms with Crippen LogP contribution in [0.5, 0.6) is 0 Å². The van der Waals surface area contributed by atoms with E-state index in [-0.39, 0.29) is 30.9 Å². The van der Waals surface area contributed by atoms with E-state index in [0.717, 1.165) is 6.42 Å². The summed E-state index contributed by atoms with van der Waals surface area (Å²) in [6, 6.07) is 0.132. The van der Waals surface area contributed by atoms with Crippen LogP contribution in [0.3, 0.4) is 0 Å². The normalized spacial score (nSPS) is 20.0. The molecule has 0 aliphatic carbocycles. The Balaban J connectivity index is 2.29. The van der Waals surface area contributed by atoms with Crippen molar-refractivity contribution in [1.29, 1.82) is 0 Å². The van der Waals surface area contributed by atoms with Crippen LogP contribution >= 0.6 is 0 Å². The van der Waals surface area contributed by atoms with Gasteiger partial charge in [0.05, 0.1) is 25.7 Å². The third-order valence-corrected chi connectivity index (χ3v) is 2.47. The molecule has 0 radical (unpaired) electrons. The fourth-order valence-corrected chi connectivity index (χ4v) is 1.40. The molecule has 86 valence electrons. The highest BCUT2D eigenvalue weighted by atomic mass is 16.5. The molecule has 0 aromatic rings. The molecule has 1 heterocycles. The van der Waals surface area contributed by atoms with E-state index < -0.39 is 0 Å². The first-order valence-electron chi connectivity index (χ1n) is 4.95. The second-order valence-corrected chi connectivity index (χ2v) is 3.50. The lowest BCUT2D eigenvalue weighted by Crippen LogP contribution is -2.44. The van der Waals surface area contributed by atoms with Crippen LogP contribution in [-0.4, -0.2) is 56.1 Å². The molecule has 0 aromatic carbocycles. The van der Waals surface area contributed by atoms with Gasteiger partial charge in [-0.15, -0.1) is 0 Å². The van der Waals surface area contributed by atoms with Crippen molar-refractivity contribution in [3.63, 3.8) is 0 Å². The zero-order valence-corrected chi connectivity index (χ0v) is 8.86. The van der Waals surface area contributed by atoms with Crippen LogP contribution in [0.15, 0.2) is 0 Å². The molecule has 0 aromatic heterocycles. The van der Waals surface area contributed by atoms with Crippen LogP contribution in [0, 0.1) is 0 Å². The van der Waals surface area contributed by atoms with Gasteiger partial charge in [-0.25, -0.2) is 0 Å². The molecular weight excluding hydrogens is 198 g/mol. The number of rotatable bonds is 4. The number of nitrogens with two attached hydrogens (primary N) is 1. The van der Waals surface area contributed by atoms with Crippen molar-refractivity contribution in [2.24, 2.45) is 5.73 Å². The fourth-order valence-electron chi connectivity index (χ4n) is 1.40. The number of hydrogen-bond acceptors (Lipinski definition) is 4. The maximum Gasteiger partial charge on any atom is 0.242 e. The van der Waals surface area contributed by atoms with Gasteiger partial charge in [0.25, 0.3) is 0 Å². The molecule has 2 amide bonds. The van der Waals surface area contributed by atoms with Gasteiger partial charge in [-0.3, -0.25) is 9.59 Å². The van der Waals surface area contributed by atoms with Crippen molar-refractivity contribution < 1.29 is 14.3 Å². The lowest BCUT2D eigenvalue weighted by atomic mass is 10.2. The standard InChI is InChI=1S/C9H17N3O3/c1-12(7-2-3-15-6-7)9(14)5-11-8(13)4-10/h7H,2-6,10H2,1H3,(H,11,13). The van der Waals surface area contributed by atoms with Gasteiger partial charge in [-0.2, -0.15) is 0 Å². The Hall–Kier alpha value is -1.14. The lowest BCUT2D eigenvalue weighted by Gasteiger charge is -2.23. The first kappa shape index (κ1) is 11.9. The molecular formula is C9H17N3O3. The van der Waals surface area contributed by atoms with Crippen molar-refractivity contribution in [2.45, 2.75) is 12.5 Å². The number of ether oxygens (including phenoxy) is 1. The molecule has 1 saturated heterocycles. The number of nitrogens with zero attached hydrogens (tertiary/aromatic N) is 1. The van der Waals surface area contributed by atoms with E-state index in [1.165, 1.54) is 0 Å². The number of carbonyl (C=O) groups is 2. The van der Waals surface area contributed by atoms with Crippen LogP contribution in [-0.2, 0) is 14.3 Å². The van der Waals surface area contributed by atoms with E-state index in [4.69, 9.17) is 10.5 Å². The minimum absolute atomic E-state index is 0.00301. The Morgan fingerprint density at radius 2 is 2.33 bits per heavy atom. The van der Waals surface area contributed by atoms with Gasteiger partial charge in [0.1, 0.15) is 0 Å². The zero-order valence-electron chi connectivity index (χ0n) is 8.86. The van der Waals surface area contributed by atoms with Gasteiger partial charge >= 0.3 is 0 Å². The second kappa shape index (κ2) is 5.67. The van der Waals surface area contributed by atoms with Gasteiger partial charge in [0.15, 0.2) is 0 Å². The Morgan fingerprint density at radius 3 is 2.87 bits per heavy atom. The lowest BCUT2D eigenvalue weighted by molar-refractivity contribution is -0.133. The van der Waals surface area contributed by atoms with Crippen molar-refractivity contribution in [1.82, 2.24) is 10.2 Å². The zero-order chi connectivity index (χ0) is 11.3. The van der Waals surface area contributed by atoms with Crippen molar-refractivity contribution in [3.05, 3.63) is 0 Å². The van der Waals surface area contributed by atoms with Crippen molar-refractivity contribution in [2.75, 3.05) is 33.4 Å². The summed E-state index contributed by atoms with van der Waals surface area (Å²) in [6.45, 7) is 1.18. The maximum atomic E-state index is 11.6. The monoisotopic (exact) mass is 215 g/mol. The Morgan fingerprint density at radius 1 is 1.60 bits per heavy atom. The van der Waals surface area contributed by atoms with Crippen LogP contribution < -0.4 is 11.1 Å². The molecule has 1 aliphatic rings. The highest BCUT2D eigenvalue weighted by molar-refractivity contribution is 5.85. The minimum atomic E-state index is -0.320. The molecule has 1 rings (SSSR count).